The molecule has 5 aromatic rings. The number of halogens is 5. The molecule has 0 aromatic heterocycles. The molecule has 56 heavy (non-hydrogen) atoms. The van der Waals surface area contributed by atoms with Gasteiger partial charge < -0.3 is 37.3 Å². The van der Waals surface area contributed by atoms with Crippen molar-refractivity contribution in [1.29, 1.82) is 0 Å². The fraction of sp³-hybridized carbons (Fsp3) is 0.244. The van der Waals surface area contributed by atoms with Crippen LogP contribution in [0.15, 0.2) is 115 Å². The first kappa shape index (κ1) is 40.5. The van der Waals surface area contributed by atoms with Crippen LogP contribution in [0, 0.1) is 29.1 Å². The second-order valence-electron chi connectivity index (χ2n) is 12.3. The summed E-state index contributed by atoms with van der Waals surface area (Å²) in [5.41, 5.74) is 2.44. The average Bonchev–Trinajstić information content (AvgIpc) is 3.23. The van der Waals surface area contributed by atoms with Gasteiger partial charge in [-0.25, -0.2) is 18.0 Å². The van der Waals surface area contributed by atoms with Gasteiger partial charge in [0.2, 0.25) is 41.1 Å². The van der Waals surface area contributed by atoms with Crippen molar-refractivity contribution < 1.29 is 64.1 Å². The van der Waals surface area contributed by atoms with Crippen LogP contribution in [0.1, 0.15) is 16.7 Å². The molecule has 0 aliphatic carbocycles. The quantitative estimate of drug-likeness (QED) is 0.0317. The normalized spacial score (nSPS) is 19.3. The summed E-state index contributed by atoms with van der Waals surface area (Å²) in [6, 6.07) is 34.2. The van der Waals surface area contributed by atoms with Gasteiger partial charge in [0.05, 0.1) is 33.5 Å². The Morgan fingerprint density at radius 1 is 0.607 bits per heavy atom. The number of hydrogen-bond acceptors (Lipinski definition) is 10. The average molecular weight is 799 g/mol. The van der Waals surface area contributed by atoms with Gasteiger partial charge in [-0.3, -0.25) is 0 Å². The zero-order valence-corrected chi connectivity index (χ0v) is 30.5. The van der Waals surface area contributed by atoms with E-state index in [2.05, 4.69) is 0 Å². The largest absolute Gasteiger partial charge is 0.497 e. The highest BCUT2D eigenvalue weighted by molar-refractivity contribution is 8.09. The monoisotopic (exact) mass is 798 g/mol. The lowest BCUT2D eigenvalue weighted by molar-refractivity contribution is -0.297. The highest BCUT2D eigenvalue weighted by atomic mass is 32.2. The number of rotatable bonds is 16. The zero-order chi connectivity index (χ0) is 39.4. The third-order valence-electron chi connectivity index (χ3n) is 8.46. The van der Waals surface area contributed by atoms with Crippen LogP contribution in [-0.2, 0) is 43.5 Å². The zero-order valence-electron chi connectivity index (χ0n) is 29.7. The smallest absolute Gasteiger partial charge is 0.407 e. The molecule has 0 unspecified atom stereocenters. The van der Waals surface area contributed by atoms with Crippen LogP contribution >= 0.6 is 12.0 Å². The van der Waals surface area contributed by atoms with E-state index >= 15 is 0 Å². The van der Waals surface area contributed by atoms with Gasteiger partial charge in [0.15, 0.2) is 18.1 Å². The molecule has 5 atom stereocenters. The van der Waals surface area contributed by atoms with Gasteiger partial charge in [-0.05, 0) is 41.0 Å². The van der Waals surface area contributed by atoms with Gasteiger partial charge in [-0.15, -0.1) is 0 Å². The van der Waals surface area contributed by atoms with Crippen LogP contribution < -0.4 is 13.7 Å². The minimum Gasteiger partial charge on any atom is -0.497 e. The molecule has 0 amide bonds. The number of ether oxygens (including phenoxy) is 7. The molecule has 1 fully saturated rings. The summed E-state index contributed by atoms with van der Waals surface area (Å²) in [6.07, 6.45) is -6.03. The fourth-order valence-corrected chi connectivity index (χ4v) is 6.13. The summed E-state index contributed by atoms with van der Waals surface area (Å²) in [4.78, 5) is 13.4. The molecule has 6 rings (SSSR count). The molecule has 0 radical (unpaired) electrons. The van der Waals surface area contributed by atoms with Gasteiger partial charge in [-0.2, -0.15) is 8.78 Å². The minimum absolute atomic E-state index is 0.00813. The van der Waals surface area contributed by atoms with Crippen LogP contribution in [0.5, 0.6) is 17.2 Å². The first-order valence-corrected chi connectivity index (χ1v) is 17.9. The lowest BCUT2D eigenvalue weighted by atomic mass is 9.98. The number of carbonyl (C=O) groups is 1. The van der Waals surface area contributed by atoms with Crippen molar-refractivity contribution in [3.63, 3.8) is 0 Å². The summed E-state index contributed by atoms with van der Waals surface area (Å²) in [5, 5.41) is -1.36. The second-order valence-corrected chi connectivity index (χ2v) is 12.9. The van der Waals surface area contributed by atoms with Gasteiger partial charge in [0, 0.05) is 0 Å². The molecular weight excluding hydrogens is 763 g/mol. The van der Waals surface area contributed by atoms with E-state index in [0.717, 1.165) is 16.7 Å². The van der Waals surface area contributed by atoms with E-state index in [4.69, 9.17) is 37.3 Å². The van der Waals surface area contributed by atoms with Gasteiger partial charge >= 0.3 is 5.30 Å². The molecule has 0 bridgehead atoms. The number of carbonyl (C=O) groups excluding carboxylic acids is 1. The van der Waals surface area contributed by atoms with E-state index in [0.29, 0.717) is 5.75 Å². The van der Waals surface area contributed by atoms with Crippen LogP contribution in [0.4, 0.5) is 26.7 Å². The maximum absolute atomic E-state index is 14.4. The molecule has 1 aliphatic rings. The summed E-state index contributed by atoms with van der Waals surface area (Å²) < 4.78 is 118. The van der Waals surface area contributed by atoms with Crippen molar-refractivity contribution >= 4 is 17.3 Å². The van der Waals surface area contributed by atoms with E-state index in [1.54, 1.807) is 24.3 Å². The Labute approximate surface area is 323 Å². The van der Waals surface area contributed by atoms with E-state index < -0.39 is 70.8 Å². The maximum Gasteiger partial charge on any atom is 0.407 e. The lowest BCUT2D eigenvalue weighted by Crippen LogP contribution is -2.62. The Morgan fingerprint density at radius 2 is 1.09 bits per heavy atom. The van der Waals surface area contributed by atoms with Crippen molar-refractivity contribution in [1.82, 2.24) is 0 Å². The first-order chi connectivity index (χ1) is 27.2. The second kappa shape index (κ2) is 19.6. The van der Waals surface area contributed by atoms with Crippen LogP contribution in [0.3, 0.4) is 0 Å². The predicted octanol–water partition coefficient (Wildman–Crippen LogP) is 9.11. The molecule has 0 N–H and O–H groups in total. The molecule has 294 valence electrons. The molecule has 5 aromatic carbocycles. The topological polar surface area (TPSA) is 90.9 Å². The predicted molar refractivity (Wildman–Crippen MR) is 193 cm³/mol. The van der Waals surface area contributed by atoms with Crippen LogP contribution in [-0.4, -0.2) is 49.7 Å². The summed E-state index contributed by atoms with van der Waals surface area (Å²) >= 11 is -0.317. The van der Waals surface area contributed by atoms with E-state index in [1.165, 1.54) is 7.11 Å². The van der Waals surface area contributed by atoms with Crippen molar-refractivity contribution in [2.24, 2.45) is 0 Å². The van der Waals surface area contributed by atoms with E-state index in [1.807, 2.05) is 91.0 Å². The lowest BCUT2D eigenvalue weighted by Gasteiger charge is -2.45. The number of methoxy groups -OCH3 is 1. The molecule has 1 aliphatic heterocycles. The van der Waals surface area contributed by atoms with E-state index in [-0.39, 0.29) is 44.2 Å². The standard InChI is InChI=1S/C41H35F5O9S/c1-48-28-17-19-29(20-18-28)52-40-39(54-41(47)56-55-37-34(45)32(43)31(42)33(44)35(37)46)38(51-23-27-15-9-4-10-16-27)36(50-22-26-13-7-3-8-14-26)30(53-40)24-49-21-25-11-5-2-6-12-25/h2-20,30,36,38-40H,21-24H2,1H3/t30-,36-,38+,39-,40-/m1/s1. The Morgan fingerprint density at radius 3 is 1.62 bits per heavy atom. The number of benzene rings is 5. The summed E-state index contributed by atoms with van der Waals surface area (Å²) in [5.74, 6) is -12.4. The highest BCUT2D eigenvalue weighted by Gasteiger charge is 2.51. The third kappa shape index (κ3) is 10.4. The Balaban J connectivity index is 1.33. The molecule has 0 saturated carbocycles. The maximum atomic E-state index is 14.4. The fourth-order valence-electron chi connectivity index (χ4n) is 5.68. The molecule has 9 nitrogen and oxygen atoms in total. The molecule has 0 spiro atoms. The molecule has 1 heterocycles. The Bertz CT molecular complexity index is 1980. The summed E-state index contributed by atoms with van der Waals surface area (Å²) in [6.45, 7) is 0.236. The molecule has 15 heteroatoms. The SMILES string of the molecule is COc1ccc(O[C@@H]2O[C@H](COCc3ccccc3)[C@@H](OCc3ccccc3)[C@H](OCc3ccccc3)[C@H]2OC(=O)SOc2c(F)c(F)c(F)c(F)c2F)cc1. The van der Waals surface area contributed by atoms with Crippen molar-refractivity contribution in [3.05, 3.63) is 161 Å². The summed E-state index contributed by atoms with van der Waals surface area (Å²) in [7, 11) is 1.49. The molecule has 1 saturated heterocycles. The van der Waals surface area contributed by atoms with Crippen molar-refractivity contribution in [3.8, 4) is 17.2 Å². The van der Waals surface area contributed by atoms with Crippen molar-refractivity contribution in [2.45, 2.75) is 50.5 Å². The minimum atomic E-state index is -2.39. The van der Waals surface area contributed by atoms with Gasteiger partial charge in [0.25, 0.3) is 0 Å². The number of hydrogen-bond donors (Lipinski definition) is 0. The Kier molecular flexibility index (Phi) is 14.2. The van der Waals surface area contributed by atoms with Gasteiger partial charge in [0.1, 0.15) is 29.8 Å². The Hall–Kier alpha value is -5.19. The molecular formula is C41H35F5O9S. The van der Waals surface area contributed by atoms with E-state index in [9.17, 15) is 26.7 Å². The van der Waals surface area contributed by atoms with Gasteiger partial charge in [-0.1, -0.05) is 91.0 Å². The van der Waals surface area contributed by atoms with Crippen LogP contribution in [0.25, 0.3) is 0 Å². The highest BCUT2D eigenvalue weighted by Crippen LogP contribution is 2.35. The van der Waals surface area contributed by atoms with Crippen molar-refractivity contribution in [2.75, 3.05) is 13.7 Å². The first-order valence-electron chi connectivity index (χ1n) is 17.2. The van der Waals surface area contributed by atoms with Crippen LogP contribution in [0.2, 0.25) is 0 Å². The third-order valence-corrected chi connectivity index (χ3v) is 8.94.